The molecule has 1 aromatic carbocycles. The first kappa shape index (κ1) is 9.81. The number of anilines is 1. The van der Waals surface area contributed by atoms with Crippen molar-refractivity contribution < 1.29 is 0 Å². The average Bonchev–Trinajstić information content (AvgIpc) is 2.16. The summed E-state index contributed by atoms with van der Waals surface area (Å²) >= 11 is 8.47. The van der Waals surface area contributed by atoms with Crippen LogP contribution in [0.25, 0.3) is 0 Å². The Hall–Kier alpha value is -0.280. The third-order valence-electron chi connectivity index (χ3n) is 1.53. The van der Waals surface area contributed by atoms with Crippen LogP contribution in [0.4, 0.5) is 5.69 Å². The first-order chi connectivity index (χ1) is 5.83. The zero-order valence-electron chi connectivity index (χ0n) is 6.77. The van der Waals surface area contributed by atoms with E-state index >= 15 is 0 Å². The molecule has 66 valence electrons. The molecule has 1 atom stereocenters. The molecule has 12 heavy (non-hydrogen) atoms. The first-order valence-electron chi connectivity index (χ1n) is 3.91. The van der Waals surface area contributed by atoms with Gasteiger partial charge in [-0.05, 0) is 12.1 Å². The summed E-state index contributed by atoms with van der Waals surface area (Å²) in [6.07, 6.45) is 0. The van der Waals surface area contributed by atoms with E-state index in [9.17, 15) is 0 Å². The van der Waals surface area contributed by atoms with E-state index in [2.05, 4.69) is 30.6 Å². The lowest BCUT2D eigenvalue weighted by Gasteiger charge is -2.09. The lowest BCUT2D eigenvalue weighted by atomic mass is 10.3. The van der Waals surface area contributed by atoms with Gasteiger partial charge in [-0.2, -0.15) is 25.3 Å². The molecule has 0 amide bonds. The van der Waals surface area contributed by atoms with Gasteiger partial charge in [-0.25, -0.2) is 0 Å². The Bertz CT molecular complexity index is 213. The summed E-state index contributed by atoms with van der Waals surface area (Å²) in [7, 11) is 0. The molecule has 0 aromatic heterocycles. The van der Waals surface area contributed by atoms with Crippen LogP contribution in [-0.2, 0) is 0 Å². The fourth-order valence-electron chi connectivity index (χ4n) is 0.856. The molecule has 0 aliphatic rings. The smallest absolute Gasteiger partial charge is 0.0340 e. The molecule has 3 heteroatoms. The van der Waals surface area contributed by atoms with Crippen molar-refractivity contribution in [3.63, 3.8) is 0 Å². The SMILES string of the molecule is SCC(S)CNc1ccccc1. The highest BCUT2D eigenvalue weighted by Gasteiger charge is 1.98. The Balaban J connectivity index is 2.33. The minimum absolute atomic E-state index is 0.313. The van der Waals surface area contributed by atoms with Crippen LogP contribution in [0.15, 0.2) is 30.3 Å². The van der Waals surface area contributed by atoms with Gasteiger partial charge in [-0.15, -0.1) is 0 Å². The molecule has 0 saturated carbocycles. The molecule has 0 aliphatic carbocycles. The van der Waals surface area contributed by atoms with E-state index in [4.69, 9.17) is 0 Å². The Morgan fingerprint density at radius 1 is 1.25 bits per heavy atom. The van der Waals surface area contributed by atoms with Gasteiger partial charge >= 0.3 is 0 Å². The third kappa shape index (κ3) is 3.41. The second-order valence-corrected chi connectivity index (χ2v) is 3.68. The molecule has 0 fully saturated rings. The standard InChI is InChI=1S/C9H13NS2/c11-7-9(12)6-10-8-4-2-1-3-5-8/h1-5,9-12H,6-7H2. The summed E-state index contributed by atoms with van der Waals surface area (Å²) < 4.78 is 0. The van der Waals surface area contributed by atoms with Gasteiger partial charge in [0.25, 0.3) is 0 Å². The summed E-state index contributed by atoms with van der Waals surface area (Å²) in [5.41, 5.74) is 1.14. The van der Waals surface area contributed by atoms with Gasteiger partial charge in [0.05, 0.1) is 0 Å². The van der Waals surface area contributed by atoms with Crippen LogP contribution in [-0.4, -0.2) is 17.5 Å². The second kappa shape index (κ2) is 5.38. The summed E-state index contributed by atoms with van der Waals surface area (Å²) in [5.74, 6) is 0.795. The van der Waals surface area contributed by atoms with Crippen molar-refractivity contribution in [1.29, 1.82) is 0 Å². The highest BCUT2D eigenvalue weighted by Crippen LogP contribution is 2.06. The predicted molar refractivity (Wildman–Crippen MR) is 61.6 cm³/mol. The number of nitrogens with one attached hydrogen (secondary N) is 1. The van der Waals surface area contributed by atoms with Gasteiger partial charge in [0.15, 0.2) is 0 Å². The molecule has 0 bridgehead atoms. The normalized spacial score (nSPS) is 12.5. The van der Waals surface area contributed by atoms with Crippen LogP contribution in [0, 0.1) is 0 Å². The Morgan fingerprint density at radius 2 is 1.92 bits per heavy atom. The zero-order chi connectivity index (χ0) is 8.81. The number of para-hydroxylation sites is 1. The van der Waals surface area contributed by atoms with E-state index in [1.807, 2.05) is 30.3 Å². The van der Waals surface area contributed by atoms with Gasteiger partial charge in [0.1, 0.15) is 0 Å². The fourth-order valence-corrected chi connectivity index (χ4v) is 1.08. The van der Waals surface area contributed by atoms with Crippen LogP contribution in [0.1, 0.15) is 0 Å². The quantitative estimate of drug-likeness (QED) is 0.632. The number of hydrogen-bond acceptors (Lipinski definition) is 3. The summed E-state index contributed by atoms with van der Waals surface area (Å²) in [6, 6.07) is 10.1. The Kier molecular flexibility index (Phi) is 4.40. The molecule has 1 N–H and O–H groups in total. The summed E-state index contributed by atoms with van der Waals surface area (Å²) in [6.45, 7) is 0.858. The van der Waals surface area contributed by atoms with Gasteiger partial charge in [-0.1, -0.05) is 18.2 Å². The lowest BCUT2D eigenvalue weighted by Crippen LogP contribution is -2.15. The van der Waals surface area contributed by atoms with Crippen molar-refractivity contribution in [1.82, 2.24) is 0 Å². The minimum Gasteiger partial charge on any atom is -0.384 e. The molecule has 1 nitrogen and oxygen atoms in total. The fraction of sp³-hybridized carbons (Fsp3) is 0.333. The highest BCUT2D eigenvalue weighted by molar-refractivity contribution is 7.84. The van der Waals surface area contributed by atoms with Crippen molar-refractivity contribution in [3.8, 4) is 0 Å². The van der Waals surface area contributed by atoms with E-state index in [-0.39, 0.29) is 0 Å². The van der Waals surface area contributed by atoms with E-state index in [1.54, 1.807) is 0 Å². The van der Waals surface area contributed by atoms with Crippen LogP contribution < -0.4 is 5.32 Å². The summed E-state index contributed by atoms with van der Waals surface area (Å²) in [5, 5.41) is 3.58. The molecule has 1 rings (SSSR count). The summed E-state index contributed by atoms with van der Waals surface area (Å²) in [4.78, 5) is 0. The number of benzene rings is 1. The Labute approximate surface area is 84.4 Å². The molecule has 0 radical (unpaired) electrons. The van der Waals surface area contributed by atoms with Crippen LogP contribution in [0.2, 0.25) is 0 Å². The van der Waals surface area contributed by atoms with Crippen LogP contribution in [0.5, 0.6) is 0 Å². The zero-order valence-corrected chi connectivity index (χ0v) is 8.56. The van der Waals surface area contributed by atoms with Crippen molar-refractivity contribution in [2.45, 2.75) is 5.25 Å². The first-order valence-corrected chi connectivity index (χ1v) is 5.05. The number of hydrogen-bond donors (Lipinski definition) is 3. The van der Waals surface area contributed by atoms with Gasteiger partial charge in [0.2, 0.25) is 0 Å². The van der Waals surface area contributed by atoms with Crippen molar-refractivity contribution >= 4 is 30.9 Å². The maximum absolute atomic E-state index is 4.32. The van der Waals surface area contributed by atoms with E-state index in [0.717, 1.165) is 18.0 Å². The highest BCUT2D eigenvalue weighted by atomic mass is 32.1. The largest absolute Gasteiger partial charge is 0.384 e. The van der Waals surface area contributed by atoms with E-state index in [0.29, 0.717) is 5.25 Å². The topological polar surface area (TPSA) is 12.0 Å². The average molecular weight is 199 g/mol. The monoisotopic (exact) mass is 199 g/mol. The molecule has 0 saturated heterocycles. The van der Waals surface area contributed by atoms with Gasteiger partial charge in [0, 0.05) is 23.2 Å². The molecule has 0 heterocycles. The maximum atomic E-state index is 4.32. The molecule has 1 aromatic rings. The molecular formula is C9H13NS2. The molecular weight excluding hydrogens is 186 g/mol. The third-order valence-corrected chi connectivity index (χ3v) is 2.62. The van der Waals surface area contributed by atoms with Crippen molar-refractivity contribution in [2.24, 2.45) is 0 Å². The predicted octanol–water partition coefficient (Wildman–Crippen LogP) is 2.33. The van der Waals surface area contributed by atoms with Crippen molar-refractivity contribution in [2.75, 3.05) is 17.6 Å². The van der Waals surface area contributed by atoms with Gasteiger partial charge in [-0.3, -0.25) is 0 Å². The van der Waals surface area contributed by atoms with Crippen molar-refractivity contribution in [3.05, 3.63) is 30.3 Å². The molecule has 0 aliphatic heterocycles. The molecule has 0 spiro atoms. The number of thiol groups is 2. The number of rotatable bonds is 4. The van der Waals surface area contributed by atoms with E-state index < -0.39 is 0 Å². The van der Waals surface area contributed by atoms with E-state index in [1.165, 1.54) is 0 Å². The van der Waals surface area contributed by atoms with Gasteiger partial charge < -0.3 is 5.32 Å². The van der Waals surface area contributed by atoms with Crippen LogP contribution >= 0.6 is 25.3 Å². The maximum Gasteiger partial charge on any atom is 0.0340 e. The minimum atomic E-state index is 0.313. The molecule has 1 unspecified atom stereocenters. The van der Waals surface area contributed by atoms with Crippen LogP contribution in [0.3, 0.4) is 0 Å². The lowest BCUT2D eigenvalue weighted by molar-refractivity contribution is 1.02. The Morgan fingerprint density at radius 3 is 2.50 bits per heavy atom. The second-order valence-electron chi connectivity index (χ2n) is 2.58.